The molecule has 0 amide bonds. The van der Waals surface area contributed by atoms with E-state index >= 15 is 0 Å². The molecule has 1 fully saturated rings. The van der Waals surface area contributed by atoms with Crippen LogP contribution in [0.15, 0.2) is 84.0 Å². The fourth-order valence-corrected chi connectivity index (χ4v) is 6.56. The summed E-state index contributed by atoms with van der Waals surface area (Å²) in [5.41, 5.74) is 7.39. The minimum absolute atomic E-state index is 0.177. The van der Waals surface area contributed by atoms with E-state index < -0.39 is 0 Å². The first kappa shape index (κ1) is 23.1. The van der Waals surface area contributed by atoms with Gasteiger partial charge in [-0.2, -0.15) is 0 Å². The third-order valence-electron chi connectivity index (χ3n) is 6.88. The van der Waals surface area contributed by atoms with E-state index in [0.717, 1.165) is 51.9 Å². The Balaban J connectivity index is 1.33. The van der Waals surface area contributed by atoms with Gasteiger partial charge in [-0.25, -0.2) is 0 Å². The maximum atomic E-state index is 4.84. The maximum absolute atomic E-state index is 4.84. The summed E-state index contributed by atoms with van der Waals surface area (Å²) >= 11 is -0.177. The van der Waals surface area contributed by atoms with Crippen LogP contribution in [0.5, 0.6) is 0 Å². The average Bonchev–Trinajstić information content (AvgIpc) is 3.32. The summed E-state index contributed by atoms with van der Waals surface area (Å²) < 4.78 is 5.22. The average molecular weight is 587 g/mol. The van der Waals surface area contributed by atoms with Crippen LogP contribution in [0.4, 0.5) is 5.69 Å². The van der Waals surface area contributed by atoms with Crippen molar-refractivity contribution in [2.24, 2.45) is 0 Å². The Hall–Kier alpha value is -3.30. The number of rotatable bonds is 5. The monoisotopic (exact) mass is 587 g/mol. The third kappa shape index (κ3) is 4.16. The predicted octanol–water partition coefficient (Wildman–Crippen LogP) is 2.20. The van der Waals surface area contributed by atoms with Crippen molar-refractivity contribution in [3.8, 4) is 22.3 Å². The zero-order chi connectivity index (χ0) is 24.6. The Bertz CT molecular complexity index is 1550. The SMILES string of the molecule is C=C[I-]c1ccc2c(-c3cnn4cc(-c5ccc(N6[C@H](C)CNC[C@@H]6C)cc5)cnc34)ccnc2c1. The molecule has 6 nitrogen and oxygen atoms in total. The van der Waals surface area contributed by atoms with E-state index in [-0.39, 0.29) is 21.2 Å². The second kappa shape index (κ2) is 9.63. The van der Waals surface area contributed by atoms with Crippen molar-refractivity contribution >= 4 is 22.2 Å². The molecule has 3 aromatic heterocycles. The van der Waals surface area contributed by atoms with Crippen molar-refractivity contribution in [1.29, 1.82) is 0 Å². The molecule has 6 rings (SSSR count). The van der Waals surface area contributed by atoms with Crippen LogP contribution in [0.25, 0.3) is 38.8 Å². The number of nitrogens with zero attached hydrogens (tertiary/aromatic N) is 5. The molecule has 4 heterocycles. The molecule has 0 bridgehead atoms. The van der Waals surface area contributed by atoms with Crippen LogP contribution in [0.3, 0.4) is 0 Å². The van der Waals surface area contributed by atoms with E-state index in [1.165, 1.54) is 9.26 Å². The number of benzene rings is 2. The molecule has 7 heteroatoms. The van der Waals surface area contributed by atoms with Crippen molar-refractivity contribution in [3.05, 3.63) is 87.6 Å². The Morgan fingerprint density at radius 1 is 0.944 bits per heavy atom. The number of pyridine rings is 1. The molecule has 182 valence electrons. The molecule has 1 saturated heterocycles. The number of nitrogens with one attached hydrogen (secondary N) is 1. The number of piperazine rings is 1. The van der Waals surface area contributed by atoms with Gasteiger partial charge in [-0.1, -0.05) is 0 Å². The number of fused-ring (bicyclic) bond motifs is 2. The molecule has 36 heavy (non-hydrogen) atoms. The molecule has 1 aliphatic heterocycles. The van der Waals surface area contributed by atoms with E-state index in [2.05, 4.69) is 89.4 Å². The van der Waals surface area contributed by atoms with Crippen LogP contribution in [-0.4, -0.2) is 44.8 Å². The molecular formula is C29H28IN6-. The van der Waals surface area contributed by atoms with Crippen molar-refractivity contribution < 1.29 is 21.2 Å². The first-order chi connectivity index (χ1) is 17.6. The molecule has 1 aliphatic rings. The standard InChI is InChI=1S/C29H28IN6/c1-4-30-23-7-10-26-25(11-12-32-28(26)13-23)27-17-34-35-18-22(16-33-29(27)35)21-5-8-24(9-6-21)36-19(2)14-31-15-20(36)3/h4-13,16-20,31H,1,14-15H2,2-3H3/q-1/t19-,20+. The molecule has 5 aromatic rings. The second-order valence-corrected chi connectivity index (χ2v) is 12.0. The summed E-state index contributed by atoms with van der Waals surface area (Å²) in [6, 6.07) is 18.3. The minimum atomic E-state index is -0.177. The van der Waals surface area contributed by atoms with Gasteiger partial charge >= 0.3 is 155 Å². The van der Waals surface area contributed by atoms with Gasteiger partial charge < -0.3 is 10.2 Å². The van der Waals surface area contributed by atoms with Crippen LogP contribution >= 0.6 is 0 Å². The Morgan fingerprint density at radius 2 is 1.75 bits per heavy atom. The zero-order valence-corrected chi connectivity index (χ0v) is 22.6. The van der Waals surface area contributed by atoms with Gasteiger partial charge in [0.15, 0.2) is 0 Å². The zero-order valence-electron chi connectivity index (χ0n) is 20.4. The topological polar surface area (TPSA) is 58.4 Å². The molecule has 2 atom stereocenters. The Morgan fingerprint density at radius 3 is 2.53 bits per heavy atom. The van der Waals surface area contributed by atoms with Gasteiger partial charge in [0.05, 0.1) is 0 Å². The fourth-order valence-electron chi connectivity index (χ4n) is 5.19. The van der Waals surface area contributed by atoms with Crippen LogP contribution < -0.4 is 31.4 Å². The van der Waals surface area contributed by atoms with E-state index in [1.54, 1.807) is 0 Å². The van der Waals surface area contributed by atoms with Crippen LogP contribution in [-0.2, 0) is 0 Å². The molecule has 0 saturated carbocycles. The van der Waals surface area contributed by atoms with Crippen LogP contribution in [0.2, 0.25) is 0 Å². The first-order valence-electron chi connectivity index (χ1n) is 12.2. The van der Waals surface area contributed by atoms with Gasteiger partial charge in [-0.05, 0) is 26.0 Å². The quantitative estimate of drug-likeness (QED) is 0.320. The number of anilines is 1. The third-order valence-corrected chi connectivity index (χ3v) is 8.71. The van der Waals surface area contributed by atoms with Gasteiger partial charge in [0, 0.05) is 30.9 Å². The van der Waals surface area contributed by atoms with Crippen molar-refractivity contribution in [2.75, 3.05) is 18.0 Å². The summed E-state index contributed by atoms with van der Waals surface area (Å²) in [6.07, 6.45) is 7.78. The van der Waals surface area contributed by atoms with Gasteiger partial charge in [0.25, 0.3) is 0 Å². The van der Waals surface area contributed by atoms with Gasteiger partial charge in [0.2, 0.25) is 0 Å². The Labute approximate surface area is 221 Å². The van der Waals surface area contributed by atoms with E-state index in [1.807, 2.05) is 33.3 Å². The van der Waals surface area contributed by atoms with Crippen molar-refractivity contribution in [3.63, 3.8) is 0 Å². The second-order valence-electron chi connectivity index (χ2n) is 9.26. The number of halogens is 1. The van der Waals surface area contributed by atoms with Crippen LogP contribution in [0, 0.1) is 3.57 Å². The molecule has 2 aromatic carbocycles. The number of hydrogen-bond acceptors (Lipinski definition) is 5. The molecule has 0 aliphatic carbocycles. The first-order valence-corrected chi connectivity index (χ1v) is 14.5. The molecular weight excluding hydrogens is 559 g/mol. The molecule has 0 spiro atoms. The normalized spacial score (nSPS) is 18.2. The summed E-state index contributed by atoms with van der Waals surface area (Å²) in [6.45, 7) is 10.5. The van der Waals surface area contributed by atoms with Crippen molar-refractivity contribution in [2.45, 2.75) is 25.9 Å². The molecule has 0 unspecified atom stereocenters. The van der Waals surface area contributed by atoms with Gasteiger partial charge in [0.1, 0.15) is 0 Å². The fraction of sp³-hybridized carbons (Fsp3) is 0.207. The van der Waals surface area contributed by atoms with E-state index in [4.69, 9.17) is 4.98 Å². The summed E-state index contributed by atoms with van der Waals surface area (Å²) in [4.78, 5) is 11.9. The summed E-state index contributed by atoms with van der Waals surface area (Å²) in [7, 11) is 0. The van der Waals surface area contributed by atoms with Gasteiger partial charge in [-0.3, -0.25) is 0 Å². The number of hydrogen-bond donors (Lipinski definition) is 1. The Kier molecular flexibility index (Phi) is 6.18. The predicted molar refractivity (Wildman–Crippen MR) is 142 cm³/mol. The van der Waals surface area contributed by atoms with Crippen molar-refractivity contribution in [1.82, 2.24) is 24.9 Å². The summed E-state index contributed by atoms with van der Waals surface area (Å²) in [5.74, 6) is 0. The molecule has 1 N–H and O–H groups in total. The summed E-state index contributed by atoms with van der Waals surface area (Å²) in [5, 5.41) is 9.27. The van der Waals surface area contributed by atoms with Crippen LogP contribution in [0.1, 0.15) is 13.8 Å². The van der Waals surface area contributed by atoms with E-state index in [0.29, 0.717) is 12.1 Å². The van der Waals surface area contributed by atoms with Gasteiger partial charge in [-0.15, -0.1) is 0 Å². The number of aromatic nitrogens is 4. The van der Waals surface area contributed by atoms with E-state index in [9.17, 15) is 0 Å². The molecule has 0 radical (unpaired) electrons.